The molecule has 0 saturated carbocycles. The zero-order chi connectivity index (χ0) is 15.1. The molecule has 1 aromatic rings. The summed E-state index contributed by atoms with van der Waals surface area (Å²) in [4.78, 5) is 12.1. The second-order valence-electron chi connectivity index (χ2n) is 4.15. The van der Waals surface area contributed by atoms with Gasteiger partial charge < -0.3 is 19.5 Å². The van der Waals surface area contributed by atoms with Gasteiger partial charge in [0.25, 0.3) is 5.91 Å². The van der Waals surface area contributed by atoms with E-state index in [1.54, 1.807) is 19.1 Å². The average Bonchev–Trinajstić information content (AvgIpc) is 2.45. The molecule has 0 saturated heterocycles. The lowest BCUT2D eigenvalue weighted by molar-refractivity contribution is 0.0940. The van der Waals surface area contributed by atoms with Crippen molar-refractivity contribution in [2.24, 2.45) is 0 Å². The van der Waals surface area contributed by atoms with Gasteiger partial charge in [-0.05, 0) is 19.1 Å². The molecule has 1 rings (SSSR count). The van der Waals surface area contributed by atoms with Crippen LogP contribution in [-0.4, -0.2) is 33.3 Å². The van der Waals surface area contributed by atoms with E-state index in [1.165, 1.54) is 21.3 Å². The van der Waals surface area contributed by atoms with E-state index in [2.05, 4.69) is 5.32 Å². The van der Waals surface area contributed by atoms with E-state index >= 15 is 0 Å². The first-order valence-electron chi connectivity index (χ1n) is 6.05. The second kappa shape index (κ2) is 7.24. The molecule has 0 spiro atoms. The topological polar surface area (TPSA) is 80.6 Å². The van der Waals surface area contributed by atoms with Gasteiger partial charge in [-0.15, -0.1) is 0 Å². The van der Waals surface area contributed by atoms with Crippen LogP contribution in [0.15, 0.2) is 12.1 Å². The number of hydrogen-bond donors (Lipinski definition) is 1. The number of hydrogen-bond acceptors (Lipinski definition) is 5. The highest BCUT2D eigenvalue weighted by Gasteiger charge is 2.17. The average molecular weight is 278 g/mol. The SMILES string of the molecule is COc1cc(C(=O)NC(C)CC#N)cc(OC)c1OC. The molecule has 1 atom stereocenters. The van der Waals surface area contributed by atoms with Gasteiger partial charge in [0.15, 0.2) is 11.5 Å². The zero-order valence-electron chi connectivity index (χ0n) is 12.0. The summed E-state index contributed by atoms with van der Waals surface area (Å²) in [7, 11) is 4.46. The molecule has 6 heteroatoms. The predicted molar refractivity (Wildman–Crippen MR) is 73.3 cm³/mol. The minimum absolute atomic E-state index is 0.230. The molecule has 1 unspecified atom stereocenters. The molecule has 1 N–H and O–H groups in total. The van der Waals surface area contributed by atoms with Crippen molar-refractivity contribution in [2.75, 3.05) is 21.3 Å². The monoisotopic (exact) mass is 278 g/mol. The van der Waals surface area contributed by atoms with Gasteiger partial charge in [0.1, 0.15) is 0 Å². The first kappa shape index (κ1) is 15.6. The van der Waals surface area contributed by atoms with Gasteiger partial charge in [-0.2, -0.15) is 5.26 Å². The van der Waals surface area contributed by atoms with Crippen LogP contribution in [-0.2, 0) is 0 Å². The van der Waals surface area contributed by atoms with Crippen molar-refractivity contribution in [1.82, 2.24) is 5.32 Å². The lowest BCUT2D eigenvalue weighted by Crippen LogP contribution is -2.32. The number of ether oxygens (including phenoxy) is 3. The van der Waals surface area contributed by atoms with E-state index in [4.69, 9.17) is 19.5 Å². The van der Waals surface area contributed by atoms with Gasteiger partial charge in [0.2, 0.25) is 5.75 Å². The normalized spacial score (nSPS) is 11.2. The fourth-order valence-electron chi connectivity index (χ4n) is 1.71. The Kier molecular flexibility index (Phi) is 5.66. The van der Waals surface area contributed by atoms with Crippen molar-refractivity contribution in [3.63, 3.8) is 0 Å². The molecule has 0 aliphatic heterocycles. The quantitative estimate of drug-likeness (QED) is 0.857. The zero-order valence-corrected chi connectivity index (χ0v) is 12.0. The molecular formula is C14H18N2O4. The van der Waals surface area contributed by atoms with Crippen molar-refractivity contribution in [3.8, 4) is 23.3 Å². The van der Waals surface area contributed by atoms with Crippen LogP contribution in [0.2, 0.25) is 0 Å². The van der Waals surface area contributed by atoms with Gasteiger partial charge in [0, 0.05) is 11.6 Å². The Bertz CT molecular complexity index is 497. The summed E-state index contributed by atoms with van der Waals surface area (Å²) in [6.07, 6.45) is 0.246. The Morgan fingerprint density at radius 2 is 1.80 bits per heavy atom. The highest BCUT2D eigenvalue weighted by molar-refractivity contribution is 5.95. The minimum atomic E-state index is -0.299. The predicted octanol–water partition coefficient (Wildman–Crippen LogP) is 1.74. The van der Waals surface area contributed by atoms with Gasteiger partial charge in [-0.1, -0.05) is 0 Å². The molecule has 0 bridgehead atoms. The Hall–Kier alpha value is -2.42. The summed E-state index contributed by atoms with van der Waals surface area (Å²) in [6.45, 7) is 1.76. The largest absolute Gasteiger partial charge is 0.493 e. The fourth-order valence-corrected chi connectivity index (χ4v) is 1.71. The Labute approximate surface area is 118 Å². The molecule has 1 amide bonds. The smallest absolute Gasteiger partial charge is 0.251 e. The fraction of sp³-hybridized carbons (Fsp3) is 0.429. The van der Waals surface area contributed by atoms with E-state index in [-0.39, 0.29) is 18.4 Å². The molecule has 0 aliphatic carbocycles. The molecule has 108 valence electrons. The van der Waals surface area contributed by atoms with Crippen LogP contribution in [0.5, 0.6) is 17.2 Å². The Morgan fingerprint density at radius 3 is 2.20 bits per heavy atom. The number of nitrogens with zero attached hydrogens (tertiary/aromatic N) is 1. The standard InChI is InChI=1S/C14H18N2O4/c1-9(5-6-15)16-14(17)10-7-11(18-2)13(20-4)12(8-10)19-3/h7-9H,5H2,1-4H3,(H,16,17). The summed E-state index contributed by atoms with van der Waals surface area (Å²) in [5.74, 6) is 0.943. The van der Waals surface area contributed by atoms with Gasteiger partial charge in [-0.25, -0.2) is 0 Å². The van der Waals surface area contributed by atoms with Crippen LogP contribution in [0.3, 0.4) is 0 Å². The van der Waals surface area contributed by atoms with E-state index in [9.17, 15) is 4.79 Å². The summed E-state index contributed by atoms with van der Waals surface area (Å²) < 4.78 is 15.6. The van der Waals surface area contributed by atoms with Crippen molar-refractivity contribution < 1.29 is 19.0 Å². The number of benzene rings is 1. The molecular weight excluding hydrogens is 260 g/mol. The minimum Gasteiger partial charge on any atom is -0.493 e. The van der Waals surface area contributed by atoms with Crippen LogP contribution >= 0.6 is 0 Å². The number of nitrogens with one attached hydrogen (secondary N) is 1. The summed E-state index contributed by atoms with van der Waals surface area (Å²) in [5, 5.41) is 11.3. The number of methoxy groups -OCH3 is 3. The molecule has 1 aromatic carbocycles. The van der Waals surface area contributed by atoms with Gasteiger partial charge in [0.05, 0.1) is 33.8 Å². The van der Waals surface area contributed by atoms with Gasteiger partial charge in [-0.3, -0.25) is 4.79 Å². The third-order valence-electron chi connectivity index (χ3n) is 2.70. The van der Waals surface area contributed by atoms with E-state index in [0.29, 0.717) is 22.8 Å². The maximum Gasteiger partial charge on any atom is 0.251 e. The third kappa shape index (κ3) is 3.54. The van der Waals surface area contributed by atoms with Gasteiger partial charge >= 0.3 is 0 Å². The molecule has 0 radical (unpaired) electrons. The molecule has 0 aromatic heterocycles. The highest BCUT2D eigenvalue weighted by Crippen LogP contribution is 2.38. The number of nitriles is 1. The van der Waals surface area contributed by atoms with Crippen LogP contribution in [0, 0.1) is 11.3 Å². The first-order chi connectivity index (χ1) is 9.57. The van der Waals surface area contributed by atoms with Crippen LogP contribution < -0.4 is 19.5 Å². The summed E-state index contributed by atoms with van der Waals surface area (Å²) in [5.41, 5.74) is 0.379. The van der Waals surface area contributed by atoms with E-state index in [0.717, 1.165) is 0 Å². The highest BCUT2D eigenvalue weighted by atomic mass is 16.5. The summed E-state index contributed by atoms with van der Waals surface area (Å²) >= 11 is 0. The third-order valence-corrected chi connectivity index (χ3v) is 2.70. The number of amides is 1. The van der Waals surface area contributed by atoms with E-state index in [1.807, 2.05) is 6.07 Å². The molecule has 6 nitrogen and oxygen atoms in total. The van der Waals surface area contributed by atoms with Crippen LogP contribution in [0.1, 0.15) is 23.7 Å². The van der Waals surface area contributed by atoms with Crippen molar-refractivity contribution in [3.05, 3.63) is 17.7 Å². The lowest BCUT2D eigenvalue weighted by Gasteiger charge is -2.15. The van der Waals surface area contributed by atoms with E-state index < -0.39 is 0 Å². The van der Waals surface area contributed by atoms with Crippen LogP contribution in [0.25, 0.3) is 0 Å². The first-order valence-corrected chi connectivity index (χ1v) is 6.05. The van der Waals surface area contributed by atoms with Crippen LogP contribution in [0.4, 0.5) is 0 Å². The second-order valence-corrected chi connectivity index (χ2v) is 4.15. The Balaban J connectivity index is 3.07. The molecule has 20 heavy (non-hydrogen) atoms. The number of carbonyl (C=O) groups is 1. The Morgan fingerprint density at radius 1 is 1.25 bits per heavy atom. The van der Waals surface area contributed by atoms with Crippen molar-refractivity contribution in [2.45, 2.75) is 19.4 Å². The molecule has 0 fully saturated rings. The molecule has 0 heterocycles. The molecule has 0 aliphatic rings. The van der Waals surface area contributed by atoms with Crippen molar-refractivity contribution in [1.29, 1.82) is 5.26 Å². The lowest BCUT2D eigenvalue weighted by atomic mass is 10.1. The maximum absolute atomic E-state index is 12.1. The summed E-state index contributed by atoms with van der Waals surface area (Å²) in [6, 6.07) is 4.90. The maximum atomic E-state index is 12.1. The number of rotatable bonds is 6. The van der Waals surface area contributed by atoms with Crippen molar-refractivity contribution >= 4 is 5.91 Å². The number of carbonyl (C=O) groups excluding carboxylic acids is 1.